The fraction of sp³-hybridized carbons (Fsp3) is 0.483. The summed E-state index contributed by atoms with van der Waals surface area (Å²) in [5, 5.41) is 2.76. The van der Waals surface area contributed by atoms with Gasteiger partial charge < -0.3 is 9.64 Å². The standard InChI is InChI=1S/C58H65NO/c1-2-9-40(10-3-1)54-15-8-16-55-56-37-44(26-34-57(56)60-58(54)55)39-23-29-48(30-24-39)59(49-31-33-53-46(36-49)20-18-42-12-5-7-14-51(42)53)47-27-21-38(22-28-47)43-25-32-52-45(35-43)19-17-41-11-4-6-13-50(41)52/h1-2,5-6,12-13,15,17,19,21-22,25-27,29,32,34-35,37,39-40,42,47,49,51,55-58H,3-4,7-11,14,16,18,20,23-24,28,30-31,33,36H2/t39?,40?,42?,47?,49-,51-,55?,56?,57?,58?/m1/s1. The van der Waals surface area contributed by atoms with Crippen molar-refractivity contribution >= 4 is 22.4 Å². The normalized spacial score (nSPS) is 35.4. The number of ether oxygens (including phenoxy) is 1. The highest BCUT2D eigenvalue weighted by Crippen LogP contribution is 2.51. The Morgan fingerprint density at radius 3 is 2.55 bits per heavy atom. The van der Waals surface area contributed by atoms with Crippen LogP contribution in [0.15, 0.2) is 137 Å². The van der Waals surface area contributed by atoms with Crippen LogP contribution >= 0.6 is 0 Å². The molecule has 0 bridgehead atoms. The molecule has 308 valence electrons. The Morgan fingerprint density at radius 1 is 0.667 bits per heavy atom. The molecule has 2 aromatic rings. The summed E-state index contributed by atoms with van der Waals surface area (Å²) in [5.41, 5.74) is 14.3. The second kappa shape index (κ2) is 16.0. The molecule has 2 nitrogen and oxygen atoms in total. The first kappa shape index (κ1) is 37.6. The molecular formula is C58H65NO. The van der Waals surface area contributed by atoms with Crippen molar-refractivity contribution in [1.29, 1.82) is 0 Å². The van der Waals surface area contributed by atoms with Crippen molar-refractivity contribution in [2.75, 3.05) is 0 Å². The SMILES string of the molecule is C1=Cc2c(ccc3cc(C4=CCC(N(C5=CCC(C6=CC7C(C=C6)OC6C(C8CC=CCC8)=CCCC67)CC5)[C@@H]5CCC6=C(CCC7C=CCC[C@@H]67)C5)C=C4)ccc23)CC1. The van der Waals surface area contributed by atoms with E-state index >= 15 is 0 Å². The van der Waals surface area contributed by atoms with E-state index in [-0.39, 0.29) is 6.10 Å². The van der Waals surface area contributed by atoms with Gasteiger partial charge in [0.25, 0.3) is 0 Å². The van der Waals surface area contributed by atoms with E-state index in [4.69, 9.17) is 4.74 Å². The largest absolute Gasteiger partial charge is 0.366 e. The molecule has 10 atom stereocenters. The first-order chi connectivity index (χ1) is 29.7. The average Bonchev–Trinajstić information content (AvgIpc) is 3.70. The molecule has 0 amide bonds. The van der Waals surface area contributed by atoms with Gasteiger partial charge in [0.05, 0.1) is 18.2 Å². The van der Waals surface area contributed by atoms with Crippen LogP contribution in [0, 0.1) is 35.5 Å². The monoisotopic (exact) mass is 792 g/mol. The van der Waals surface area contributed by atoms with Gasteiger partial charge in [0.15, 0.2) is 0 Å². The van der Waals surface area contributed by atoms with E-state index in [2.05, 4.69) is 120 Å². The minimum Gasteiger partial charge on any atom is -0.366 e. The predicted octanol–water partition coefficient (Wildman–Crippen LogP) is 14.3. The van der Waals surface area contributed by atoms with Crippen LogP contribution in [0.5, 0.6) is 0 Å². The number of rotatable bonds is 6. The molecule has 8 unspecified atom stereocenters. The smallest absolute Gasteiger partial charge is 0.0833 e. The van der Waals surface area contributed by atoms with E-state index in [0.29, 0.717) is 41.9 Å². The summed E-state index contributed by atoms with van der Waals surface area (Å²) in [5.74, 6) is 4.11. The van der Waals surface area contributed by atoms with Crippen molar-refractivity contribution < 1.29 is 4.74 Å². The molecular weight excluding hydrogens is 727 g/mol. The number of aryl methyl sites for hydroxylation is 1. The van der Waals surface area contributed by atoms with E-state index < -0.39 is 0 Å². The second-order valence-corrected chi connectivity index (χ2v) is 20.3. The molecule has 10 aliphatic rings. The van der Waals surface area contributed by atoms with Crippen LogP contribution in [0.3, 0.4) is 0 Å². The van der Waals surface area contributed by atoms with Crippen molar-refractivity contribution in [1.82, 2.24) is 4.90 Å². The van der Waals surface area contributed by atoms with Gasteiger partial charge in [0.2, 0.25) is 0 Å². The Bertz CT molecular complexity index is 2350. The minimum atomic E-state index is 0.257. The van der Waals surface area contributed by atoms with Gasteiger partial charge in [0, 0.05) is 17.7 Å². The van der Waals surface area contributed by atoms with Gasteiger partial charge in [-0.05, 0) is 195 Å². The van der Waals surface area contributed by atoms with E-state index in [0.717, 1.165) is 37.5 Å². The maximum atomic E-state index is 6.93. The topological polar surface area (TPSA) is 12.5 Å². The lowest BCUT2D eigenvalue weighted by molar-refractivity contribution is 0.0667. The van der Waals surface area contributed by atoms with Gasteiger partial charge in [-0.25, -0.2) is 0 Å². The summed E-state index contributed by atoms with van der Waals surface area (Å²) < 4.78 is 6.93. The van der Waals surface area contributed by atoms with Crippen LogP contribution in [0.4, 0.5) is 0 Å². The minimum absolute atomic E-state index is 0.257. The molecule has 0 aromatic heterocycles. The number of fused-ring (bicyclic) bond motifs is 8. The van der Waals surface area contributed by atoms with E-state index in [1.54, 1.807) is 16.8 Å². The van der Waals surface area contributed by atoms with Gasteiger partial charge in [-0.3, -0.25) is 0 Å². The van der Waals surface area contributed by atoms with E-state index in [1.807, 2.05) is 11.1 Å². The Hall–Kier alpha value is -4.14. The average molecular weight is 792 g/mol. The van der Waals surface area contributed by atoms with Crippen LogP contribution in [0.25, 0.3) is 22.4 Å². The zero-order valence-corrected chi connectivity index (χ0v) is 35.8. The summed E-state index contributed by atoms with van der Waals surface area (Å²) in [6.45, 7) is 0. The molecule has 0 saturated carbocycles. The molecule has 1 aliphatic heterocycles. The summed E-state index contributed by atoms with van der Waals surface area (Å²) in [6.07, 6.45) is 58.2. The van der Waals surface area contributed by atoms with Crippen molar-refractivity contribution in [3.63, 3.8) is 0 Å². The Balaban J connectivity index is 0.792. The van der Waals surface area contributed by atoms with Gasteiger partial charge in [-0.15, -0.1) is 0 Å². The highest BCUT2D eigenvalue weighted by molar-refractivity contribution is 5.95. The summed E-state index contributed by atoms with van der Waals surface area (Å²) >= 11 is 0. The fourth-order valence-corrected chi connectivity index (χ4v) is 14.1. The quantitative estimate of drug-likeness (QED) is 0.270. The molecule has 2 aromatic carbocycles. The molecule has 1 fully saturated rings. The molecule has 2 heteroatoms. The highest BCUT2D eigenvalue weighted by Gasteiger charge is 2.47. The van der Waals surface area contributed by atoms with Crippen LogP contribution in [-0.4, -0.2) is 29.2 Å². The van der Waals surface area contributed by atoms with Gasteiger partial charge in [-0.2, -0.15) is 0 Å². The first-order valence-electron chi connectivity index (χ1n) is 24.6. The molecule has 1 heterocycles. The lowest BCUT2D eigenvalue weighted by atomic mass is 9.66. The first-order valence-corrected chi connectivity index (χ1v) is 24.6. The zero-order chi connectivity index (χ0) is 39.6. The Kier molecular flexibility index (Phi) is 10.0. The zero-order valence-electron chi connectivity index (χ0n) is 35.8. The molecule has 1 saturated heterocycles. The molecule has 0 spiro atoms. The second-order valence-electron chi connectivity index (χ2n) is 20.3. The van der Waals surface area contributed by atoms with Crippen LogP contribution in [0.1, 0.15) is 126 Å². The van der Waals surface area contributed by atoms with Gasteiger partial charge in [0.1, 0.15) is 0 Å². The maximum Gasteiger partial charge on any atom is 0.0833 e. The lowest BCUT2D eigenvalue weighted by Crippen LogP contribution is -2.45. The van der Waals surface area contributed by atoms with Crippen molar-refractivity contribution in [2.45, 2.75) is 140 Å². The van der Waals surface area contributed by atoms with Gasteiger partial charge in [-0.1, -0.05) is 120 Å². The highest BCUT2D eigenvalue weighted by atomic mass is 16.5. The Labute approximate surface area is 360 Å². The Morgan fingerprint density at radius 2 is 1.65 bits per heavy atom. The third-order valence-electron chi connectivity index (χ3n) is 17.2. The van der Waals surface area contributed by atoms with Crippen molar-refractivity contribution in [2.24, 2.45) is 35.5 Å². The third kappa shape index (κ3) is 6.79. The third-order valence-corrected chi connectivity index (χ3v) is 17.2. The number of benzene rings is 2. The van der Waals surface area contributed by atoms with E-state index in [9.17, 15) is 0 Å². The summed E-state index contributed by atoms with van der Waals surface area (Å²) in [4.78, 5) is 2.97. The number of hydrogen-bond acceptors (Lipinski definition) is 2. The molecule has 12 rings (SSSR count). The molecule has 0 radical (unpaired) electrons. The molecule has 60 heavy (non-hydrogen) atoms. The molecule has 0 N–H and O–H groups in total. The number of nitrogens with zero attached hydrogens (tertiary/aromatic N) is 1. The summed E-state index contributed by atoms with van der Waals surface area (Å²) in [6, 6.07) is 12.9. The predicted molar refractivity (Wildman–Crippen MR) is 250 cm³/mol. The van der Waals surface area contributed by atoms with Crippen LogP contribution in [0.2, 0.25) is 0 Å². The van der Waals surface area contributed by atoms with Crippen molar-refractivity contribution in [3.8, 4) is 0 Å². The fourth-order valence-electron chi connectivity index (χ4n) is 14.1. The summed E-state index contributed by atoms with van der Waals surface area (Å²) in [7, 11) is 0. The lowest BCUT2D eigenvalue weighted by Gasteiger charge is -2.47. The molecule has 9 aliphatic carbocycles. The number of allylic oxidation sites excluding steroid dienone is 13. The van der Waals surface area contributed by atoms with Crippen molar-refractivity contribution in [3.05, 3.63) is 154 Å². The van der Waals surface area contributed by atoms with Crippen LogP contribution in [-0.2, 0) is 11.2 Å². The van der Waals surface area contributed by atoms with Gasteiger partial charge >= 0.3 is 0 Å². The van der Waals surface area contributed by atoms with Crippen LogP contribution < -0.4 is 0 Å². The number of hydrogen-bond donors (Lipinski definition) is 0. The maximum absolute atomic E-state index is 6.93. The van der Waals surface area contributed by atoms with E-state index in [1.165, 1.54) is 123 Å².